The monoisotopic (exact) mass is 985 g/mol. The second-order valence-electron chi connectivity index (χ2n) is 1.60. The number of hydrogen-bond donors (Lipinski definition) is 6. The molecule has 0 atom stereocenters. The molecule has 6 N–H and O–H groups in total. The zero-order valence-electron chi connectivity index (χ0n) is 11.7. The van der Waals surface area contributed by atoms with Crippen molar-refractivity contribution in [2.45, 2.75) is 0 Å². The molecule has 0 radical (unpaired) electrons. The second kappa shape index (κ2) is 48.1. The molecule has 26 heteroatoms. The quantitative estimate of drug-likeness (QED) is 0.123. The summed E-state index contributed by atoms with van der Waals surface area (Å²) in [5.74, 6) is 0. The van der Waals surface area contributed by atoms with Crippen LogP contribution in [0, 0.1) is 71.2 Å². The Bertz CT molecular complexity index is 267. The Morgan fingerprint density at radius 1 is 0.462 bits per heavy atom. The molecule has 0 spiro atoms. The van der Waals surface area contributed by atoms with Crippen LogP contribution in [0.3, 0.4) is 0 Å². The van der Waals surface area contributed by atoms with Gasteiger partial charge < -0.3 is 0 Å². The Hall–Kier alpha value is 5.50. The van der Waals surface area contributed by atoms with E-state index in [2.05, 4.69) is 0 Å². The van der Waals surface area contributed by atoms with E-state index >= 15 is 0 Å². The molecule has 0 aromatic heterocycles. The molecule has 0 fully saturated rings. The fraction of sp³-hybridized carbons (Fsp3) is 0. The van der Waals surface area contributed by atoms with E-state index in [1.54, 1.807) is 0 Å². The average molecular weight is 989 g/mol. The molecule has 0 aromatic carbocycles. The van der Waals surface area contributed by atoms with Gasteiger partial charge in [-0.2, -0.15) is 0 Å². The Kier molecular flexibility index (Phi) is 98.1. The van der Waals surface area contributed by atoms with Crippen molar-refractivity contribution in [3.05, 3.63) is 0 Å². The molecule has 18 nitrogen and oxygen atoms in total. The van der Waals surface area contributed by atoms with Crippen LogP contribution in [-0.2, 0) is 142 Å². The molecule has 144 valence electrons. The molecule has 0 saturated carbocycles. The summed E-state index contributed by atoms with van der Waals surface area (Å²) in [4.78, 5) is 0. The molecule has 0 aromatic rings. The van der Waals surface area contributed by atoms with Crippen molar-refractivity contribution in [2.24, 2.45) is 0 Å². The third-order valence-corrected chi connectivity index (χ3v) is 0. The summed E-state index contributed by atoms with van der Waals surface area (Å²) in [6.07, 6.45) is 0. The van der Waals surface area contributed by atoms with Crippen LogP contribution in [0.4, 0.5) is 0 Å². The molecule has 0 heterocycles. The van der Waals surface area contributed by atoms with Crippen LogP contribution in [0.5, 0.6) is 0 Å². The summed E-state index contributed by atoms with van der Waals surface area (Å²) >= 11 is -23.6. The zero-order chi connectivity index (χ0) is 21.5. The topological polar surface area (TPSA) is 362 Å². The Labute approximate surface area is 248 Å². The molecule has 0 amide bonds. The SMILES string of the molecule is [La+3].[La+3].[O]=[Ti]([OH])[OH].[O]=[Ti]([OH])[OH].[O]=[Ti]([OH])[OH].[O]=[Zr]([O-])[O-].[O]=[Zr]([O-])[O-].[O]=[Zr]([O-])[O-]. The molecule has 0 saturated heterocycles. The van der Waals surface area contributed by atoms with Crippen LogP contribution in [0.1, 0.15) is 0 Å². The van der Waals surface area contributed by atoms with Crippen molar-refractivity contribution in [1.82, 2.24) is 0 Å². The molecule has 0 aliphatic heterocycles. The van der Waals surface area contributed by atoms with Gasteiger partial charge in [-0.3, -0.25) is 0 Å². The van der Waals surface area contributed by atoms with Gasteiger partial charge in [0.2, 0.25) is 0 Å². The molecule has 0 aliphatic carbocycles. The molecular weight excluding hydrogens is 983 g/mol. The van der Waals surface area contributed by atoms with Crippen molar-refractivity contribution >= 4 is 0 Å². The molecule has 0 unspecified atom stereocenters. The summed E-state index contributed by atoms with van der Waals surface area (Å²) < 4.78 is 147. The normalized spacial score (nSPS) is 6.00. The van der Waals surface area contributed by atoms with E-state index in [4.69, 9.17) is 59.6 Å². The van der Waals surface area contributed by atoms with E-state index in [-0.39, 0.29) is 71.2 Å². The summed E-state index contributed by atoms with van der Waals surface area (Å²) in [5.41, 5.74) is 0. The minimum atomic E-state index is -4.29. The fourth-order valence-corrected chi connectivity index (χ4v) is 0. The molecule has 0 rings (SSSR count). The van der Waals surface area contributed by atoms with E-state index in [1.807, 2.05) is 0 Å². The second-order valence-corrected chi connectivity index (χ2v) is 7.93. The maximum atomic E-state index is 8.81. The van der Waals surface area contributed by atoms with Gasteiger partial charge >= 0.3 is 255 Å². The van der Waals surface area contributed by atoms with Gasteiger partial charge in [0, 0.05) is 0 Å². The van der Waals surface area contributed by atoms with Gasteiger partial charge in [0.05, 0.1) is 0 Å². The molecule has 0 aliphatic rings. The van der Waals surface area contributed by atoms with Crippen LogP contribution in [0.2, 0.25) is 0 Å². The summed E-state index contributed by atoms with van der Waals surface area (Å²) in [7, 11) is 0. The Morgan fingerprint density at radius 3 is 0.462 bits per heavy atom. The standard InChI is InChI=1S/2La.6H2O.12O.3Ti.3Zr/h;;6*1H2;;;;;;;;;;;;;;;;;;/q2*+3;;;;;;;;;;;;;6*-1;3*+2;;;/p-6. The molecular formula is H6La2O18Ti3Zr3. The van der Waals surface area contributed by atoms with Gasteiger partial charge in [0.1, 0.15) is 0 Å². The van der Waals surface area contributed by atoms with E-state index in [0.29, 0.717) is 0 Å². The van der Waals surface area contributed by atoms with Gasteiger partial charge in [-0.15, -0.1) is 0 Å². The minimum absolute atomic E-state index is 0. The van der Waals surface area contributed by atoms with Crippen LogP contribution in [0.25, 0.3) is 0 Å². The fourth-order valence-electron chi connectivity index (χ4n) is 0. The summed E-state index contributed by atoms with van der Waals surface area (Å²) in [6.45, 7) is 0. The Morgan fingerprint density at radius 2 is 0.462 bits per heavy atom. The van der Waals surface area contributed by atoms with Gasteiger partial charge in [-0.05, 0) is 0 Å². The first-order valence-corrected chi connectivity index (χ1v) is 18.9. The van der Waals surface area contributed by atoms with Gasteiger partial charge in [0.15, 0.2) is 0 Å². The van der Waals surface area contributed by atoms with E-state index in [1.165, 1.54) is 0 Å². The van der Waals surface area contributed by atoms with E-state index in [0.717, 1.165) is 0 Å². The van der Waals surface area contributed by atoms with Crippen molar-refractivity contribution in [2.75, 3.05) is 0 Å². The van der Waals surface area contributed by atoms with Crippen molar-refractivity contribution in [1.29, 1.82) is 0 Å². The van der Waals surface area contributed by atoms with Crippen molar-refractivity contribution in [3.63, 3.8) is 0 Å². The summed E-state index contributed by atoms with van der Waals surface area (Å²) in [6, 6.07) is 0. The molecule has 0 bridgehead atoms. The predicted molar refractivity (Wildman–Crippen MR) is 17.4 cm³/mol. The van der Waals surface area contributed by atoms with E-state index in [9.17, 15) is 0 Å². The van der Waals surface area contributed by atoms with E-state index < -0.39 is 124 Å². The van der Waals surface area contributed by atoms with Gasteiger partial charge in [-0.1, -0.05) is 0 Å². The number of hydrogen-bond acceptors (Lipinski definition) is 12. The van der Waals surface area contributed by atoms with Crippen LogP contribution >= 0.6 is 0 Å². The third-order valence-electron chi connectivity index (χ3n) is 0. The molecule has 26 heavy (non-hydrogen) atoms. The first-order chi connectivity index (χ1) is 10.4. The van der Waals surface area contributed by atoms with Crippen molar-refractivity contribution < 1.29 is 255 Å². The maximum absolute atomic E-state index is 8.81. The first kappa shape index (κ1) is 53.1. The third kappa shape index (κ3) is 792. The van der Waals surface area contributed by atoms with Crippen LogP contribution < -0.4 is 19.1 Å². The first-order valence-electron chi connectivity index (χ1n) is 3.79. The van der Waals surface area contributed by atoms with Crippen molar-refractivity contribution in [3.8, 4) is 0 Å². The average Bonchev–Trinajstić information content (AvgIpc) is 2.08. The predicted octanol–water partition coefficient (Wildman–Crippen LogP) is -11.2. The number of rotatable bonds is 0. The van der Waals surface area contributed by atoms with Crippen LogP contribution in [0.15, 0.2) is 0 Å². The van der Waals surface area contributed by atoms with Gasteiger partial charge in [0.25, 0.3) is 0 Å². The summed E-state index contributed by atoms with van der Waals surface area (Å²) in [5, 5.41) is 0. The van der Waals surface area contributed by atoms with Crippen LogP contribution in [-0.4, -0.2) is 22.1 Å². The Balaban J connectivity index is -0.0000000245. The zero-order valence-corrected chi connectivity index (χ0v) is 31.0. The van der Waals surface area contributed by atoms with Gasteiger partial charge in [-0.25, -0.2) is 0 Å².